The maximum absolute atomic E-state index is 13.1. The molecule has 7 heteroatoms. The van der Waals surface area contributed by atoms with Gasteiger partial charge < -0.3 is 9.88 Å². The molecule has 2 heterocycles. The Morgan fingerprint density at radius 2 is 1.81 bits per heavy atom. The van der Waals surface area contributed by atoms with Gasteiger partial charge in [-0.1, -0.05) is 42.5 Å². The van der Waals surface area contributed by atoms with Crippen molar-refractivity contribution in [1.82, 2.24) is 9.88 Å². The Bertz CT molecular complexity index is 1220. The molecule has 4 aromatic rings. The van der Waals surface area contributed by atoms with E-state index in [2.05, 4.69) is 11.4 Å². The van der Waals surface area contributed by atoms with Gasteiger partial charge in [-0.25, -0.2) is 0 Å². The highest BCUT2D eigenvalue weighted by molar-refractivity contribution is 7.19. The molecule has 3 nitrogen and oxygen atoms in total. The number of aryl methyl sites for hydroxylation is 1. The van der Waals surface area contributed by atoms with E-state index in [1.807, 2.05) is 54.8 Å². The van der Waals surface area contributed by atoms with Crippen LogP contribution in [0.25, 0.3) is 10.2 Å². The molecule has 0 fully saturated rings. The Hall–Kier alpha value is -3.06. The summed E-state index contributed by atoms with van der Waals surface area (Å²) in [5, 5.41) is 2.78. The average molecular weight is 443 g/mol. The van der Waals surface area contributed by atoms with Gasteiger partial charge in [0.25, 0.3) is 5.91 Å². The van der Waals surface area contributed by atoms with Gasteiger partial charge in [0, 0.05) is 11.4 Å². The summed E-state index contributed by atoms with van der Waals surface area (Å²) in [5.41, 5.74) is 2.20. The Morgan fingerprint density at radius 3 is 2.52 bits per heavy atom. The third kappa shape index (κ3) is 4.37. The van der Waals surface area contributed by atoms with Gasteiger partial charge in [-0.3, -0.25) is 4.79 Å². The Morgan fingerprint density at radius 1 is 1.06 bits per heavy atom. The fraction of sp³-hybridized carbons (Fsp3) is 0.208. The number of aromatic nitrogens is 1. The van der Waals surface area contributed by atoms with Gasteiger partial charge in [-0.05, 0) is 49.2 Å². The molecule has 2 aromatic carbocycles. The molecule has 0 aliphatic heterocycles. The van der Waals surface area contributed by atoms with Crippen LogP contribution >= 0.6 is 11.3 Å². The molecule has 0 unspecified atom stereocenters. The van der Waals surface area contributed by atoms with Crippen LogP contribution in [0.15, 0.2) is 66.7 Å². The van der Waals surface area contributed by atoms with Crippen molar-refractivity contribution in [3.05, 3.63) is 94.0 Å². The number of hydrogen-bond donors (Lipinski definition) is 1. The summed E-state index contributed by atoms with van der Waals surface area (Å²) in [6.45, 7) is 4.07. The van der Waals surface area contributed by atoms with E-state index in [0.29, 0.717) is 11.3 Å². The normalized spacial score (nSPS) is 12.8. The second kappa shape index (κ2) is 8.23. The summed E-state index contributed by atoms with van der Waals surface area (Å²) in [5.74, 6) is -0.318. The van der Waals surface area contributed by atoms with Gasteiger partial charge >= 0.3 is 6.18 Å². The SMILES string of the molecule is Cc1cc2c(cc(C(=O)NCc3cccc(C(F)(F)F)c3)n2[C@H](C)c2ccccc2)s1. The fourth-order valence-electron chi connectivity index (χ4n) is 3.74. The minimum Gasteiger partial charge on any atom is -0.347 e. The number of carbonyl (C=O) groups excluding carboxylic acids is 1. The highest BCUT2D eigenvalue weighted by Crippen LogP contribution is 2.33. The minimum atomic E-state index is -4.41. The van der Waals surface area contributed by atoms with E-state index < -0.39 is 11.7 Å². The first-order chi connectivity index (χ1) is 14.7. The number of nitrogens with one attached hydrogen (secondary N) is 1. The standard InChI is InChI=1S/C24H21F3N2OS/c1-15-11-20-22(31-15)13-21(29(20)16(2)18-8-4-3-5-9-18)23(30)28-14-17-7-6-10-19(12-17)24(25,26)27/h3-13,16H,14H2,1-2H3,(H,28,30)/t16-/m1/s1. The molecular formula is C24H21F3N2OS. The number of nitrogens with zero attached hydrogens (tertiary/aromatic N) is 1. The van der Waals surface area contributed by atoms with Crippen LogP contribution in [0.4, 0.5) is 13.2 Å². The molecule has 31 heavy (non-hydrogen) atoms. The monoisotopic (exact) mass is 442 g/mol. The van der Waals surface area contributed by atoms with Crippen LogP contribution in [0.1, 0.15) is 45.0 Å². The number of thiophene rings is 1. The Balaban J connectivity index is 1.63. The van der Waals surface area contributed by atoms with E-state index >= 15 is 0 Å². The first-order valence-corrected chi connectivity index (χ1v) is 10.7. The lowest BCUT2D eigenvalue weighted by molar-refractivity contribution is -0.137. The molecule has 4 rings (SSSR count). The van der Waals surface area contributed by atoms with Crippen molar-refractivity contribution in [2.24, 2.45) is 0 Å². The number of alkyl halides is 3. The van der Waals surface area contributed by atoms with Gasteiger partial charge in [-0.15, -0.1) is 11.3 Å². The number of amides is 1. The van der Waals surface area contributed by atoms with Crippen LogP contribution in [0, 0.1) is 6.92 Å². The third-order valence-corrected chi connectivity index (χ3v) is 6.25. The topological polar surface area (TPSA) is 34.0 Å². The van der Waals surface area contributed by atoms with E-state index in [-0.39, 0.29) is 18.5 Å². The molecule has 0 bridgehead atoms. The predicted molar refractivity (Wildman–Crippen MR) is 117 cm³/mol. The summed E-state index contributed by atoms with van der Waals surface area (Å²) < 4.78 is 41.9. The van der Waals surface area contributed by atoms with Crippen LogP contribution in [-0.4, -0.2) is 10.5 Å². The van der Waals surface area contributed by atoms with E-state index in [4.69, 9.17) is 0 Å². The van der Waals surface area contributed by atoms with E-state index in [1.54, 1.807) is 17.4 Å². The van der Waals surface area contributed by atoms with Crippen LogP contribution in [0.2, 0.25) is 0 Å². The van der Waals surface area contributed by atoms with Crippen molar-refractivity contribution < 1.29 is 18.0 Å². The molecule has 0 saturated carbocycles. The molecule has 160 valence electrons. The molecular weight excluding hydrogens is 421 g/mol. The van der Waals surface area contributed by atoms with E-state index in [0.717, 1.165) is 32.8 Å². The molecule has 0 saturated heterocycles. The van der Waals surface area contributed by atoms with E-state index in [9.17, 15) is 18.0 Å². The number of hydrogen-bond acceptors (Lipinski definition) is 2. The quantitative estimate of drug-likeness (QED) is 0.373. The smallest absolute Gasteiger partial charge is 0.347 e. The van der Waals surface area contributed by atoms with Crippen molar-refractivity contribution in [3.63, 3.8) is 0 Å². The number of carbonyl (C=O) groups is 1. The van der Waals surface area contributed by atoms with Crippen molar-refractivity contribution in [2.75, 3.05) is 0 Å². The first kappa shape index (κ1) is 21.2. The van der Waals surface area contributed by atoms with Crippen LogP contribution in [-0.2, 0) is 12.7 Å². The zero-order valence-electron chi connectivity index (χ0n) is 17.0. The molecule has 0 aliphatic carbocycles. The van der Waals surface area contributed by atoms with Crippen molar-refractivity contribution >= 4 is 27.5 Å². The number of halogens is 3. The Kier molecular flexibility index (Phi) is 5.62. The maximum atomic E-state index is 13.1. The summed E-state index contributed by atoms with van der Waals surface area (Å²) >= 11 is 1.61. The summed E-state index contributed by atoms with van der Waals surface area (Å²) in [6.07, 6.45) is -4.41. The number of fused-ring (bicyclic) bond motifs is 1. The first-order valence-electron chi connectivity index (χ1n) is 9.84. The van der Waals surface area contributed by atoms with Gasteiger partial charge in [0.15, 0.2) is 0 Å². The molecule has 1 N–H and O–H groups in total. The molecule has 1 amide bonds. The average Bonchev–Trinajstić information content (AvgIpc) is 3.27. The second-order valence-electron chi connectivity index (χ2n) is 7.47. The van der Waals surface area contributed by atoms with Gasteiger partial charge in [0.2, 0.25) is 0 Å². The largest absolute Gasteiger partial charge is 0.416 e. The molecule has 1 atom stereocenters. The van der Waals surface area contributed by atoms with Crippen molar-refractivity contribution in [1.29, 1.82) is 0 Å². The zero-order chi connectivity index (χ0) is 22.2. The maximum Gasteiger partial charge on any atom is 0.416 e. The summed E-state index contributed by atoms with van der Waals surface area (Å²) in [7, 11) is 0. The summed E-state index contributed by atoms with van der Waals surface area (Å²) in [6, 6.07) is 18.7. The van der Waals surface area contributed by atoms with Crippen LogP contribution in [0.5, 0.6) is 0 Å². The van der Waals surface area contributed by atoms with Crippen molar-refractivity contribution in [2.45, 2.75) is 32.6 Å². The van der Waals surface area contributed by atoms with Gasteiger partial charge in [0.05, 0.1) is 21.8 Å². The molecule has 0 aliphatic rings. The lowest BCUT2D eigenvalue weighted by Crippen LogP contribution is -2.26. The Labute approximate surface area is 182 Å². The van der Waals surface area contributed by atoms with Crippen LogP contribution in [0.3, 0.4) is 0 Å². The molecule has 0 spiro atoms. The number of rotatable bonds is 5. The highest BCUT2D eigenvalue weighted by Gasteiger charge is 2.30. The molecule has 0 radical (unpaired) electrons. The van der Waals surface area contributed by atoms with E-state index in [1.165, 1.54) is 6.07 Å². The van der Waals surface area contributed by atoms with Crippen LogP contribution < -0.4 is 5.32 Å². The zero-order valence-corrected chi connectivity index (χ0v) is 17.8. The lowest BCUT2D eigenvalue weighted by Gasteiger charge is -2.19. The third-order valence-electron chi connectivity index (χ3n) is 5.26. The van der Waals surface area contributed by atoms with Crippen molar-refractivity contribution in [3.8, 4) is 0 Å². The number of benzene rings is 2. The summed E-state index contributed by atoms with van der Waals surface area (Å²) in [4.78, 5) is 14.2. The fourth-order valence-corrected chi connectivity index (χ4v) is 4.69. The molecule has 2 aromatic heterocycles. The second-order valence-corrected chi connectivity index (χ2v) is 8.76. The predicted octanol–water partition coefficient (Wildman–Crippen LogP) is 6.57. The lowest BCUT2D eigenvalue weighted by atomic mass is 10.1. The minimum absolute atomic E-state index is 0.0142. The van der Waals surface area contributed by atoms with Gasteiger partial charge in [0.1, 0.15) is 5.69 Å². The van der Waals surface area contributed by atoms with Gasteiger partial charge in [-0.2, -0.15) is 13.2 Å². The highest BCUT2D eigenvalue weighted by atomic mass is 32.1.